The number of fused-ring (bicyclic) bond motifs is 6. The van der Waals surface area contributed by atoms with E-state index in [9.17, 15) is 19.2 Å². The van der Waals surface area contributed by atoms with E-state index in [4.69, 9.17) is 9.72 Å². The lowest BCUT2D eigenvalue weighted by atomic mass is 9.92. The molecule has 3 aromatic carbocycles. The molecule has 15 nitrogen and oxygen atoms in total. The molecule has 1 aliphatic heterocycles. The number of terminal acetylenes is 2. The van der Waals surface area contributed by atoms with Gasteiger partial charge in [0.15, 0.2) is 0 Å². The van der Waals surface area contributed by atoms with Crippen LogP contribution < -0.4 is 15.4 Å². The molecule has 0 saturated heterocycles. The second-order valence-corrected chi connectivity index (χ2v) is 15.7. The number of methoxy groups -OCH3 is 2. The highest BCUT2D eigenvalue weighted by atomic mass is 16.5. The standard InChI is InChI=1S/C38H44N8O7.C7H16.C3H8.2C2H2/c1-6-12-45(34(47)17-40-37(49)51-4)19-33-42-29-11-9-23-14-28-26-10-8-24(13-25(26)21-53-31(28)15-27(23)36(29)44-33)30-16-39-32(43-30)20-46(22(3)7-2)35(48)18-41-38(50)52-5;1-3-5-7-6-4-2;1-3-2;2*1-2/h8-11,13-16,22H,6-7,12,17-21H2,1-5H3,(H,39,43)(H,40,49)(H,41,50)(H,42,44);3-7H2,1-2H3;3H2,1-2H3;2*1-2H/t22-;;;;/m0..../s1. The third-order valence-electron chi connectivity index (χ3n) is 10.6. The van der Waals surface area contributed by atoms with Crippen LogP contribution in [0.3, 0.4) is 0 Å². The van der Waals surface area contributed by atoms with E-state index < -0.39 is 12.2 Å². The van der Waals surface area contributed by atoms with E-state index in [1.54, 1.807) is 16.0 Å². The van der Waals surface area contributed by atoms with E-state index >= 15 is 0 Å². The largest absolute Gasteiger partial charge is 0.488 e. The van der Waals surface area contributed by atoms with E-state index in [2.05, 4.69) is 107 Å². The number of imidazole rings is 2. The summed E-state index contributed by atoms with van der Waals surface area (Å²) < 4.78 is 15.5. The van der Waals surface area contributed by atoms with Crippen LogP contribution in [-0.4, -0.2) is 93.6 Å². The van der Waals surface area contributed by atoms with E-state index in [0.717, 1.165) is 68.3 Å². The van der Waals surface area contributed by atoms with Gasteiger partial charge in [0.2, 0.25) is 11.8 Å². The van der Waals surface area contributed by atoms with E-state index in [0.29, 0.717) is 24.8 Å². The molecule has 3 heterocycles. The van der Waals surface area contributed by atoms with Crippen molar-refractivity contribution in [2.75, 3.05) is 33.9 Å². The average molecular weight is 921 g/mol. The van der Waals surface area contributed by atoms with Crippen molar-refractivity contribution in [3.8, 4) is 53.8 Å². The Morgan fingerprint density at radius 2 is 1.42 bits per heavy atom. The van der Waals surface area contributed by atoms with Crippen LogP contribution in [0.15, 0.2) is 48.7 Å². The van der Waals surface area contributed by atoms with Crippen LogP contribution in [0.5, 0.6) is 5.75 Å². The number of nitrogens with zero attached hydrogens (tertiary/aromatic N) is 4. The maximum Gasteiger partial charge on any atom is 0.407 e. The van der Waals surface area contributed by atoms with Crippen molar-refractivity contribution in [3.63, 3.8) is 0 Å². The number of aromatic amines is 2. The summed E-state index contributed by atoms with van der Waals surface area (Å²) in [6.07, 6.45) is 26.2. The van der Waals surface area contributed by atoms with Gasteiger partial charge in [-0.2, -0.15) is 0 Å². The monoisotopic (exact) mass is 921 g/mol. The number of H-pyrrole nitrogens is 2. The van der Waals surface area contributed by atoms with E-state index in [1.165, 1.54) is 52.7 Å². The number of carbonyl (C=O) groups is 4. The lowest BCUT2D eigenvalue weighted by molar-refractivity contribution is -0.133. The van der Waals surface area contributed by atoms with Crippen LogP contribution in [0.25, 0.3) is 44.2 Å². The second-order valence-electron chi connectivity index (χ2n) is 15.7. The summed E-state index contributed by atoms with van der Waals surface area (Å²) in [5.74, 6) is 1.56. The molecule has 67 heavy (non-hydrogen) atoms. The number of benzene rings is 3. The molecule has 6 rings (SSSR count). The summed E-state index contributed by atoms with van der Waals surface area (Å²) in [4.78, 5) is 68.3. The number of alkyl carbamates (subject to hydrolysis) is 2. The van der Waals surface area contributed by atoms with Crippen LogP contribution >= 0.6 is 0 Å². The zero-order valence-electron chi connectivity index (χ0n) is 41.1. The number of unbranched alkanes of at least 4 members (excludes halogenated alkanes) is 4. The Kier molecular flexibility index (Phi) is 25.3. The first-order valence-corrected chi connectivity index (χ1v) is 23.1. The molecule has 0 bridgehead atoms. The van der Waals surface area contributed by atoms with Crippen molar-refractivity contribution in [1.82, 2.24) is 40.4 Å². The van der Waals surface area contributed by atoms with Crippen molar-refractivity contribution in [2.24, 2.45) is 0 Å². The number of aromatic nitrogens is 4. The summed E-state index contributed by atoms with van der Waals surface area (Å²) in [7, 11) is 2.51. The zero-order valence-corrected chi connectivity index (χ0v) is 41.1. The Hall–Kier alpha value is -7.00. The second kappa shape index (κ2) is 30.3. The van der Waals surface area contributed by atoms with Gasteiger partial charge in [0.1, 0.15) is 37.1 Å². The highest BCUT2D eigenvalue weighted by molar-refractivity contribution is 6.07. The summed E-state index contributed by atoms with van der Waals surface area (Å²) in [6.45, 7) is 15.8. The molecule has 4 amide bonds. The Balaban J connectivity index is 0.000000976. The van der Waals surface area contributed by atoms with Crippen molar-refractivity contribution >= 4 is 45.8 Å². The molecule has 15 heteroatoms. The number of nitrogens with one attached hydrogen (secondary N) is 4. The van der Waals surface area contributed by atoms with Gasteiger partial charge in [0.25, 0.3) is 0 Å². The molecule has 5 aromatic rings. The molecule has 362 valence electrons. The van der Waals surface area contributed by atoms with E-state index in [1.807, 2.05) is 45.0 Å². The number of hydrogen-bond acceptors (Lipinski definition) is 9. The first kappa shape index (κ1) is 56.1. The number of ether oxygens (including phenoxy) is 3. The van der Waals surface area contributed by atoms with Crippen LogP contribution in [-0.2, 0) is 38.8 Å². The molecule has 1 aliphatic rings. The van der Waals surface area contributed by atoms with Gasteiger partial charge in [-0.1, -0.05) is 98.3 Å². The molecule has 2 aromatic heterocycles. The van der Waals surface area contributed by atoms with Crippen LogP contribution in [0.4, 0.5) is 9.59 Å². The Morgan fingerprint density at radius 1 is 0.776 bits per heavy atom. The van der Waals surface area contributed by atoms with Gasteiger partial charge in [0.05, 0.1) is 50.2 Å². The lowest BCUT2D eigenvalue weighted by Gasteiger charge is -2.28. The van der Waals surface area contributed by atoms with Crippen molar-refractivity contribution < 1.29 is 33.4 Å². The van der Waals surface area contributed by atoms with Crippen LogP contribution in [0.1, 0.15) is 117 Å². The number of carbonyl (C=O) groups excluding carboxylic acids is 4. The van der Waals surface area contributed by atoms with Gasteiger partial charge in [-0.3, -0.25) is 9.59 Å². The minimum atomic E-state index is -0.659. The summed E-state index contributed by atoms with van der Waals surface area (Å²) in [5.41, 5.74) is 6.45. The van der Waals surface area contributed by atoms with Gasteiger partial charge in [-0.15, -0.1) is 25.7 Å². The molecule has 0 spiro atoms. The fraction of sp³-hybridized carbons (Fsp3) is 0.462. The predicted octanol–water partition coefficient (Wildman–Crippen LogP) is 10.1. The molecule has 0 unspecified atom stereocenters. The summed E-state index contributed by atoms with van der Waals surface area (Å²) in [6, 6.07) is 14.3. The number of rotatable bonds is 17. The normalized spacial score (nSPS) is 11.1. The first-order valence-electron chi connectivity index (χ1n) is 23.1. The van der Waals surface area contributed by atoms with Gasteiger partial charge in [0, 0.05) is 23.5 Å². The number of hydrogen-bond donors (Lipinski definition) is 4. The van der Waals surface area contributed by atoms with Gasteiger partial charge in [-0.05, 0) is 66.1 Å². The minimum Gasteiger partial charge on any atom is -0.488 e. The first-order chi connectivity index (χ1) is 32.4. The SMILES string of the molecule is C#C.C#C.CCC.CCCCCCC.CCCN(Cc1nc2c(ccc3cc4c(cc32)OCc2cc(-c3cnc(CN(C(=O)CNC(=O)OC)[C@@H](C)CC)[nH]3)ccc2-4)[nH]1)C(=O)CNC(=O)OC. The molecule has 1 atom stereocenters. The molecular formula is C52H72N8O7. The fourth-order valence-corrected chi connectivity index (χ4v) is 7.11. The maximum absolute atomic E-state index is 13.0. The molecule has 4 N–H and O–H groups in total. The molecule has 0 saturated carbocycles. The zero-order chi connectivity index (χ0) is 49.9. The Labute approximate surface area is 397 Å². The maximum atomic E-state index is 13.0. The van der Waals surface area contributed by atoms with Crippen LogP contribution in [0.2, 0.25) is 0 Å². The third-order valence-corrected chi connectivity index (χ3v) is 10.6. The van der Waals surface area contributed by atoms with Crippen molar-refractivity contribution in [1.29, 1.82) is 0 Å². The lowest BCUT2D eigenvalue weighted by Crippen LogP contribution is -2.44. The third kappa shape index (κ3) is 16.4. The summed E-state index contributed by atoms with van der Waals surface area (Å²) in [5, 5.41) is 6.84. The molecule has 0 aliphatic carbocycles. The minimum absolute atomic E-state index is 0.0614. The fourth-order valence-electron chi connectivity index (χ4n) is 7.11. The summed E-state index contributed by atoms with van der Waals surface area (Å²) >= 11 is 0. The van der Waals surface area contributed by atoms with Crippen molar-refractivity contribution in [2.45, 2.75) is 126 Å². The number of amides is 4. The quantitative estimate of drug-likeness (QED) is 0.0521. The molecule has 0 radical (unpaired) electrons. The predicted molar refractivity (Wildman–Crippen MR) is 268 cm³/mol. The smallest absolute Gasteiger partial charge is 0.407 e. The molecular weight excluding hydrogens is 849 g/mol. The van der Waals surface area contributed by atoms with Gasteiger partial charge in [-0.25, -0.2) is 19.6 Å². The Morgan fingerprint density at radius 3 is 2.01 bits per heavy atom. The van der Waals surface area contributed by atoms with Gasteiger partial charge >= 0.3 is 12.2 Å². The Bertz CT molecular complexity index is 2360. The van der Waals surface area contributed by atoms with Gasteiger partial charge < -0.3 is 44.6 Å². The molecule has 0 fully saturated rings. The highest BCUT2D eigenvalue weighted by Crippen LogP contribution is 2.42. The van der Waals surface area contributed by atoms with Crippen molar-refractivity contribution in [3.05, 3.63) is 65.9 Å². The average Bonchev–Trinajstić information content (AvgIpc) is 4.02. The topological polar surface area (TPSA) is 184 Å². The van der Waals surface area contributed by atoms with Crippen LogP contribution in [0, 0.1) is 25.7 Å². The van der Waals surface area contributed by atoms with E-state index in [-0.39, 0.29) is 44.0 Å². The highest BCUT2D eigenvalue weighted by Gasteiger charge is 2.24.